The Morgan fingerprint density at radius 3 is 2.97 bits per heavy atom. The first-order valence-corrected chi connectivity index (χ1v) is 10.4. The van der Waals surface area contributed by atoms with Gasteiger partial charge in [-0.1, -0.05) is 0 Å². The van der Waals surface area contributed by atoms with Crippen molar-refractivity contribution in [1.82, 2.24) is 24.5 Å². The highest BCUT2D eigenvalue weighted by atomic mass is 32.2. The summed E-state index contributed by atoms with van der Waals surface area (Å²) in [5, 5.41) is 14.2. The number of carbonyl (C=O) groups is 1. The second-order valence-corrected chi connectivity index (χ2v) is 7.67. The van der Waals surface area contributed by atoms with Crippen molar-refractivity contribution in [3.05, 3.63) is 35.8 Å². The summed E-state index contributed by atoms with van der Waals surface area (Å²) in [6.07, 6.45) is 8.47. The molecule has 4 rings (SSSR count). The smallest absolute Gasteiger partial charge is 0.257 e. The van der Waals surface area contributed by atoms with Crippen LogP contribution in [0.25, 0.3) is 16.6 Å². The van der Waals surface area contributed by atoms with Gasteiger partial charge < -0.3 is 25.7 Å². The summed E-state index contributed by atoms with van der Waals surface area (Å²) in [7, 11) is 0.188. The molecule has 0 saturated heterocycles. The summed E-state index contributed by atoms with van der Waals surface area (Å²) in [5.74, 6) is 0.772. The molecule has 11 nitrogen and oxygen atoms in total. The van der Waals surface area contributed by atoms with Gasteiger partial charge in [-0.05, 0) is 18.6 Å². The Labute approximate surface area is 174 Å². The van der Waals surface area contributed by atoms with E-state index in [9.17, 15) is 9.00 Å². The quantitative estimate of drug-likeness (QED) is 0.416. The van der Waals surface area contributed by atoms with Crippen LogP contribution in [0.3, 0.4) is 0 Å². The van der Waals surface area contributed by atoms with Crippen LogP contribution in [-0.2, 0) is 15.8 Å². The maximum absolute atomic E-state index is 11.7. The summed E-state index contributed by atoms with van der Waals surface area (Å²) in [5.41, 5.74) is 3.99. The number of hydrogen-bond donors (Lipinski definition) is 4. The molecule has 3 aromatic heterocycles. The number of aromatic amines is 1. The van der Waals surface area contributed by atoms with Crippen molar-refractivity contribution < 1.29 is 13.7 Å². The topological polar surface area (TPSA) is 138 Å². The molecule has 1 aliphatic rings. The van der Waals surface area contributed by atoms with Crippen molar-refractivity contribution >= 4 is 51.7 Å². The van der Waals surface area contributed by atoms with Gasteiger partial charge in [0.1, 0.15) is 16.7 Å². The highest BCUT2D eigenvalue weighted by Gasteiger charge is 2.21. The van der Waals surface area contributed by atoms with Gasteiger partial charge in [0.25, 0.3) is 5.88 Å². The molecule has 156 valence electrons. The first-order valence-electron chi connectivity index (χ1n) is 8.93. The van der Waals surface area contributed by atoms with E-state index in [0.717, 1.165) is 27.7 Å². The van der Waals surface area contributed by atoms with Gasteiger partial charge in [0, 0.05) is 35.8 Å². The molecule has 0 fully saturated rings. The van der Waals surface area contributed by atoms with E-state index in [4.69, 9.17) is 4.74 Å². The fourth-order valence-electron chi connectivity index (χ4n) is 3.20. The lowest BCUT2D eigenvalue weighted by atomic mass is 10.1. The first kappa shape index (κ1) is 19.6. The van der Waals surface area contributed by atoms with Gasteiger partial charge >= 0.3 is 0 Å². The summed E-state index contributed by atoms with van der Waals surface area (Å²) in [4.78, 5) is 22.7. The van der Waals surface area contributed by atoms with Crippen molar-refractivity contribution in [2.24, 2.45) is 4.99 Å². The lowest BCUT2D eigenvalue weighted by molar-refractivity contribution is -0.105. The van der Waals surface area contributed by atoms with Gasteiger partial charge in [0.05, 0.1) is 24.5 Å². The Morgan fingerprint density at radius 1 is 1.40 bits per heavy atom. The lowest BCUT2D eigenvalue weighted by Crippen LogP contribution is -2.36. The SMILES string of the molecule is COc1nn(S(C)=O)cc1NC1N=CC(C)=C(c2c[nH]c3c(NC=O)nccc23)N1. The van der Waals surface area contributed by atoms with E-state index in [0.29, 0.717) is 23.8 Å². The van der Waals surface area contributed by atoms with Crippen LogP contribution in [0.15, 0.2) is 35.2 Å². The van der Waals surface area contributed by atoms with Gasteiger partial charge in [0.15, 0.2) is 12.1 Å². The molecule has 0 aromatic carbocycles. The van der Waals surface area contributed by atoms with Gasteiger partial charge in [0.2, 0.25) is 6.41 Å². The average Bonchev–Trinajstić information content (AvgIpc) is 3.34. The summed E-state index contributed by atoms with van der Waals surface area (Å²) in [6, 6.07) is 1.87. The predicted octanol–water partition coefficient (Wildman–Crippen LogP) is 1.28. The molecule has 2 atom stereocenters. The number of nitrogens with one attached hydrogen (secondary N) is 4. The second-order valence-electron chi connectivity index (χ2n) is 6.45. The third-order valence-electron chi connectivity index (χ3n) is 4.57. The zero-order valence-corrected chi connectivity index (χ0v) is 17.3. The molecule has 4 N–H and O–H groups in total. The lowest BCUT2D eigenvalue weighted by Gasteiger charge is -2.24. The molecule has 12 heteroatoms. The van der Waals surface area contributed by atoms with Gasteiger partial charge in [-0.15, -0.1) is 5.10 Å². The minimum atomic E-state index is -1.31. The van der Waals surface area contributed by atoms with E-state index in [-0.39, 0.29) is 0 Å². The number of aliphatic imine (C=N–C) groups is 1. The molecule has 0 radical (unpaired) electrons. The van der Waals surface area contributed by atoms with E-state index >= 15 is 0 Å². The molecule has 1 amide bonds. The van der Waals surface area contributed by atoms with Crippen molar-refractivity contribution in [2.45, 2.75) is 13.2 Å². The fourth-order valence-corrected chi connectivity index (χ4v) is 3.64. The number of carbonyl (C=O) groups excluding carboxylic acids is 1. The molecule has 0 saturated carbocycles. The van der Waals surface area contributed by atoms with Gasteiger partial charge in [-0.25, -0.2) is 14.2 Å². The predicted molar refractivity (Wildman–Crippen MR) is 116 cm³/mol. The number of pyridine rings is 1. The molecule has 30 heavy (non-hydrogen) atoms. The van der Waals surface area contributed by atoms with E-state index in [2.05, 4.69) is 36.0 Å². The van der Waals surface area contributed by atoms with Gasteiger partial charge in [-0.3, -0.25) is 4.79 Å². The van der Waals surface area contributed by atoms with Crippen molar-refractivity contribution in [2.75, 3.05) is 24.0 Å². The van der Waals surface area contributed by atoms with Crippen LogP contribution in [0.2, 0.25) is 0 Å². The average molecular weight is 428 g/mol. The number of hydrogen-bond acceptors (Lipinski definition) is 8. The highest BCUT2D eigenvalue weighted by Crippen LogP contribution is 2.30. The largest absolute Gasteiger partial charge is 0.478 e. The van der Waals surface area contributed by atoms with Crippen LogP contribution in [-0.4, -0.2) is 55.6 Å². The van der Waals surface area contributed by atoms with Crippen LogP contribution in [0, 0.1) is 0 Å². The molecule has 1 aliphatic heterocycles. The molecular weight excluding hydrogens is 408 g/mol. The van der Waals surface area contributed by atoms with E-state index in [1.807, 2.05) is 19.2 Å². The fraction of sp³-hybridized carbons (Fsp3) is 0.222. The molecule has 2 unspecified atom stereocenters. The summed E-state index contributed by atoms with van der Waals surface area (Å²) < 4.78 is 18.3. The van der Waals surface area contributed by atoms with E-state index in [1.165, 1.54) is 17.5 Å². The number of rotatable bonds is 7. The van der Waals surface area contributed by atoms with E-state index < -0.39 is 17.3 Å². The summed E-state index contributed by atoms with van der Waals surface area (Å²) >= 11 is 0. The van der Waals surface area contributed by atoms with Crippen LogP contribution >= 0.6 is 0 Å². The molecular formula is C18H20N8O3S. The van der Waals surface area contributed by atoms with Gasteiger partial charge in [-0.2, -0.15) is 4.09 Å². The number of ether oxygens (including phenoxy) is 1. The maximum atomic E-state index is 11.7. The van der Waals surface area contributed by atoms with Crippen LogP contribution in [0.4, 0.5) is 11.5 Å². The Morgan fingerprint density at radius 2 is 2.23 bits per heavy atom. The minimum absolute atomic E-state index is 0.317. The number of aromatic nitrogens is 4. The molecule has 0 bridgehead atoms. The number of H-pyrrole nitrogens is 1. The number of allylic oxidation sites excluding steroid dienone is 1. The number of methoxy groups -OCH3 is 1. The minimum Gasteiger partial charge on any atom is -0.478 e. The maximum Gasteiger partial charge on any atom is 0.257 e. The number of amides is 1. The standard InChI is InChI=1S/C18H20N8O3S/c1-10-6-21-18(23-13-8-26(30(3)28)25-17(13)29-2)24-14(10)12-7-20-15-11(12)4-5-19-16(15)22-9-27/h4-9,18,20,23-24H,1-3H3,(H,19,22,27). The normalized spacial score (nSPS) is 17.0. The van der Waals surface area contributed by atoms with Crippen LogP contribution in [0.5, 0.6) is 5.88 Å². The third kappa shape index (κ3) is 3.52. The highest BCUT2D eigenvalue weighted by molar-refractivity contribution is 7.82. The number of anilines is 2. The zero-order chi connectivity index (χ0) is 21.3. The second kappa shape index (κ2) is 7.99. The van der Waals surface area contributed by atoms with Crippen LogP contribution in [0.1, 0.15) is 12.5 Å². The Bertz CT molecular complexity index is 1200. The Balaban J connectivity index is 1.63. The van der Waals surface area contributed by atoms with Crippen molar-refractivity contribution in [1.29, 1.82) is 0 Å². The monoisotopic (exact) mass is 428 g/mol. The molecule has 4 heterocycles. The van der Waals surface area contributed by atoms with E-state index in [1.54, 1.807) is 18.6 Å². The Kier molecular flexibility index (Phi) is 5.23. The molecule has 0 spiro atoms. The molecule has 3 aromatic rings. The zero-order valence-electron chi connectivity index (χ0n) is 16.5. The number of fused-ring (bicyclic) bond motifs is 1. The Hall–Kier alpha value is -3.67. The van der Waals surface area contributed by atoms with Crippen molar-refractivity contribution in [3.63, 3.8) is 0 Å². The summed E-state index contributed by atoms with van der Waals surface area (Å²) in [6.45, 7) is 1.95. The van der Waals surface area contributed by atoms with Crippen LogP contribution < -0.4 is 20.7 Å². The number of nitrogens with zero attached hydrogens (tertiary/aromatic N) is 4. The third-order valence-corrected chi connectivity index (χ3v) is 5.28. The first-order chi connectivity index (χ1) is 14.5. The van der Waals surface area contributed by atoms with Crippen molar-refractivity contribution in [3.8, 4) is 5.88 Å². The molecule has 0 aliphatic carbocycles.